The van der Waals surface area contributed by atoms with Gasteiger partial charge in [-0.25, -0.2) is 0 Å². The Balaban J connectivity index is 1.79. The molecule has 1 aliphatic heterocycles. The largest absolute Gasteiger partial charge is 0.411 e. The number of nitrogens with zero attached hydrogens (tertiary/aromatic N) is 2. The zero-order chi connectivity index (χ0) is 13.8. The van der Waals surface area contributed by atoms with Gasteiger partial charge in [-0.15, -0.1) is 0 Å². The van der Waals surface area contributed by atoms with E-state index in [0.717, 1.165) is 31.4 Å². The molecule has 3 nitrogen and oxygen atoms in total. The SMILES string of the molecule is ON=C1CCC(C(c2ccccc2)N2CCCC2)CC1. The molecule has 20 heavy (non-hydrogen) atoms. The first-order chi connectivity index (χ1) is 9.88. The van der Waals surface area contributed by atoms with Gasteiger partial charge >= 0.3 is 0 Å². The van der Waals surface area contributed by atoms with Crippen LogP contribution in [0.15, 0.2) is 35.5 Å². The van der Waals surface area contributed by atoms with Crippen molar-refractivity contribution in [3.63, 3.8) is 0 Å². The fourth-order valence-electron chi connectivity index (χ4n) is 3.84. The third-order valence-corrected chi connectivity index (χ3v) is 4.87. The summed E-state index contributed by atoms with van der Waals surface area (Å²) in [7, 11) is 0. The molecular weight excluding hydrogens is 248 g/mol. The van der Waals surface area contributed by atoms with E-state index in [-0.39, 0.29) is 0 Å². The second-order valence-corrected chi connectivity index (χ2v) is 6.10. The van der Waals surface area contributed by atoms with Gasteiger partial charge < -0.3 is 5.21 Å². The molecule has 2 fully saturated rings. The molecule has 108 valence electrons. The van der Waals surface area contributed by atoms with Gasteiger partial charge in [0.25, 0.3) is 0 Å². The third kappa shape index (κ3) is 2.88. The second-order valence-electron chi connectivity index (χ2n) is 6.10. The van der Waals surface area contributed by atoms with Gasteiger partial charge in [-0.05, 0) is 63.1 Å². The van der Waals surface area contributed by atoms with E-state index in [9.17, 15) is 0 Å². The van der Waals surface area contributed by atoms with Crippen LogP contribution in [0.5, 0.6) is 0 Å². The fraction of sp³-hybridized carbons (Fsp3) is 0.588. The predicted octanol–water partition coefficient (Wildman–Crippen LogP) is 3.84. The van der Waals surface area contributed by atoms with Gasteiger partial charge in [-0.2, -0.15) is 0 Å². The van der Waals surface area contributed by atoms with Crippen LogP contribution in [0.1, 0.15) is 50.1 Å². The summed E-state index contributed by atoms with van der Waals surface area (Å²) in [5, 5.41) is 12.3. The van der Waals surface area contributed by atoms with E-state index in [2.05, 4.69) is 40.4 Å². The molecule has 1 N–H and O–H groups in total. The number of hydrogen-bond donors (Lipinski definition) is 1. The van der Waals surface area contributed by atoms with Crippen molar-refractivity contribution in [2.75, 3.05) is 13.1 Å². The lowest BCUT2D eigenvalue weighted by atomic mass is 9.79. The normalized spacial score (nSPS) is 25.6. The molecule has 1 saturated heterocycles. The van der Waals surface area contributed by atoms with Crippen molar-refractivity contribution in [1.82, 2.24) is 4.90 Å². The minimum atomic E-state index is 0.555. The summed E-state index contributed by atoms with van der Waals surface area (Å²) in [5.41, 5.74) is 2.44. The maximum Gasteiger partial charge on any atom is 0.0571 e. The Morgan fingerprint density at radius 2 is 1.70 bits per heavy atom. The van der Waals surface area contributed by atoms with Crippen LogP contribution in [0.3, 0.4) is 0 Å². The van der Waals surface area contributed by atoms with E-state index in [4.69, 9.17) is 5.21 Å². The van der Waals surface area contributed by atoms with E-state index in [0.29, 0.717) is 12.0 Å². The molecule has 1 heterocycles. The molecule has 3 rings (SSSR count). The fourth-order valence-corrected chi connectivity index (χ4v) is 3.84. The van der Waals surface area contributed by atoms with Crippen LogP contribution >= 0.6 is 0 Å². The average Bonchev–Trinajstić information content (AvgIpc) is 3.03. The van der Waals surface area contributed by atoms with Crippen molar-refractivity contribution < 1.29 is 5.21 Å². The topological polar surface area (TPSA) is 35.8 Å². The number of rotatable bonds is 3. The molecule has 1 aliphatic carbocycles. The van der Waals surface area contributed by atoms with Crippen LogP contribution in [0, 0.1) is 5.92 Å². The zero-order valence-electron chi connectivity index (χ0n) is 12.0. The van der Waals surface area contributed by atoms with Crippen molar-refractivity contribution in [2.24, 2.45) is 11.1 Å². The maximum atomic E-state index is 8.92. The third-order valence-electron chi connectivity index (χ3n) is 4.87. The lowest BCUT2D eigenvalue weighted by molar-refractivity contribution is 0.157. The molecule has 0 amide bonds. The summed E-state index contributed by atoms with van der Waals surface area (Å²) < 4.78 is 0. The van der Waals surface area contributed by atoms with Gasteiger partial charge in [0.15, 0.2) is 0 Å². The van der Waals surface area contributed by atoms with Crippen LogP contribution in [-0.2, 0) is 0 Å². The van der Waals surface area contributed by atoms with E-state index < -0.39 is 0 Å². The summed E-state index contributed by atoms with van der Waals surface area (Å²) in [6, 6.07) is 11.5. The second kappa shape index (κ2) is 6.40. The van der Waals surface area contributed by atoms with Gasteiger partial charge in [0, 0.05) is 6.04 Å². The summed E-state index contributed by atoms with van der Waals surface area (Å²) in [6.07, 6.45) is 6.88. The van der Waals surface area contributed by atoms with Crippen LogP contribution in [0.2, 0.25) is 0 Å². The van der Waals surface area contributed by atoms with E-state index >= 15 is 0 Å². The summed E-state index contributed by atoms with van der Waals surface area (Å²) >= 11 is 0. The smallest absolute Gasteiger partial charge is 0.0571 e. The van der Waals surface area contributed by atoms with Crippen LogP contribution in [0.25, 0.3) is 0 Å². The first-order valence-electron chi connectivity index (χ1n) is 7.87. The molecule has 1 aromatic carbocycles. The van der Waals surface area contributed by atoms with Gasteiger partial charge in [-0.3, -0.25) is 4.90 Å². The maximum absolute atomic E-state index is 8.92. The number of benzene rings is 1. The Kier molecular flexibility index (Phi) is 4.36. The molecular formula is C17H24N2O. The van der Waals surface area contributed by atoms with Crippen molar-refractivity contribution in [3.8, 4) is 0 Å². The first-order valence-corrected chi connectivity index (χ1v) is 7.87. The Hall–Kier alpha value is -1.35. The van der Waals surface area contributed by atoms with E-state index in [1.165, 1.54) is 31.5 Å². The average molecular weight is 272 g/mol. The van der Waals surface area contributed by atoms with Crippen molar-refractivity contribution in [1.29, 1.82) is 0 Å². The van der Waals surface area contributed by atoms with Gasteiger partial charge in [0.1, 0.15) is 0 Å². The van der Waals surface area contributed by atoms with E-state index in [1.54, 1.807) is 0 Å². The van der Waals surface area contributed by atoms with Gasteiger partial charge in [0.2, 0.25) is 0 Å². The number of hydrogen-bond acceptors (Lipinski definition) is 3. The standard InChI is InChI=1S/C17H24N2O/c20-18-16-10-8-15(9-11-16)17(19-12-4-5-13-19)14-6-2-1-3-7-14/h1-3,6-7,15,17,20H,4-5,8-13H2. The van der Waals surface area contributed by atoms with Gasteiger partial charge in [0.05, 0.1) is 5.71 Å². The van der Waals surface area contributed by atoms with Crippen molar-refractivity contribution >= 4 is 5.71 Å². The summed E-state index contributed by atoms with van der Waals surface area (Å²) in [6.45, 7) is 2.47. The molecule has 0 spiro atoms. The van der Waals surface area contributed by atoms with Crippen molar-refractivity contribution in [3.05, 3.63) is 35.9 Å². The quantitative estimate of drug-likeness (QED) is 0.670. The van der Waals surface area contributed by atoms with Crippen LogP contribution < -0.4 is 0 Å². The highest BCUT2D eigenvalue weighted by Gasteiger charge is 2.32. The Labute approximate surface area is 121 Å². The molecule has 2 aliphatic rings. The molecule has 1 atom stereocenters. The molecule has 0 aromatic heterocycles. The number of likely N-dealkylation sites (tertiary alicyclic amines) is 1. The molecule has 1 aromatic rings. The highest BCUT2D eigenvalue weighted by atomic mass is 16.4. The predicted molar refractivity (Wildman–Crippen MR) is 81.2 cm³/mol. The molecule has 0 bridgehead atoms. The van der Waals surface area contributed by atoms with Gasteiger partial charge in [-0.1, -0.05) is 35.5 Å². The monoisotopic (exact) mass is 272 g/mol. The Morgan fingerprint density at radius 3 is 2.30 bits per heavy atom. The minimum absolute atomic E-state index is 0.555. The lowest BCUT2D eigenvalue weighted by Crippen LogP contribution is -2.33. The molecule has 0 radical (unpaired) electrons. The van der Waals surface area contributed by atoms with Crippen LogP contribution in [-0.4, -0.2) is 28.9 Å². The lowest BCUT2D eigenvalue weighted by Gasteiger charge is -2.37. The Morgan fingerprint density at radius 1 is 1.05 bits per heavy atom. The minimum Gasteiger partial charge on any atom is -0.411 e. The van der Waals surface area contributed by atoms with Crippen LogP contribution in [0.4, 0.5) is 0 Å². The summed E-state index contributed by atoms with van der Waals surface area (Å²) in [4.78, 5) is 2.67. The number of oxime groups is 1. The molecule has 1 saturated carbocycles. The van der Waals surface area contributed by atoms with Crippen molar-refractivity contribution in [2.45, 2.75) is 44.6 Å². The highest BCUT2D eigenvalue weighted by molar-refractivity contribution is 5.84. The zero-order valence-corrected chi connectivity index (χ0v) is 12.0. The summed E-state index contributed by atoms with van der Waals surface area (Å²) in [5.74, 6) is 0.695. The highest BCUT2D eigenvalue weighted by Crippen LogP contribution is 2.39. The first kappa shape index (κ1) is 13.6. The van der Waals surface area contributed by atoms with E-state index in [1.807, 2.05) is 0 Å². The molecule has 3 heteroatoms. The Bertz CT molecular complexity index is 441. The molecule has 1 unspecified atom stereocenters.